The Hall–Kier alpha value is -1.43. The Morgan fingerprint density at radius 2 is 2.08 bits per heavy atom. The number of nitrogens with zero attached hydrogens (tertiary/aromatic N) is 1. The summed E-state index contributed by atoms with van der Waals surface area (Å²) in [6.07, 6.45) is 5.08. The van der Waals surface area contributed by atoms with E-state index in [0.717, 1.165) is 48.1 Å². The fourth-order valence-corrected chi connectivity index (χ4v) is 4.71. The lowest BCUT2D eigenvalue weighted by molar-refractivity contribution is -0.117. The average Bonchev–Trinajstić information content (AvgIpc) is 3.27. The molecule has 4 rings (SSSR count). The number of thiazole rings is 1. The molecule has 2 fully saturated rings. The van der Waals surface area contributed by atoms with Gasteiger partial charge in [-0.05, 0) is 55.8 Å². The van der Waals surface area contributed by atoms with Crippen molar-refractivity contribution in [2.24, 2.45) is 5.92 Å². The summed E-state index contributed by atoms with van der Waals surface area (Å²) in [5.74, 6) is 0.885. The van der Waals surface area contributed by atoms with Gasteiger partial charge in [-0.25, -0.2) is 4.98 Å². The quantitative estimate of drug-likeness (QED) is 0.865. The summed E-state index contributed by atoms with van der Waals surface area (Å²) in [4.78, 5) is 18.1. The number of aromatic nitrogens is 1. The Balaban J connectivity index is 1.37. The Kier molecular flexibility index (Phi) is 4.57. The maximum Gasteiger partial charge on any atom is 0.229 e. The molecule has 0 bridgehead atoms. The first-order valence-corrected chi connectivity index (χ1v) is 9.63. The zero-order valence-electron chi connectivity index (χ0n) is 13.3. The van der Waals surface area contributed by atoms with Crippen LogP contribution < -0.4 is 10.6 Å². The first-order chi connectivity index (χ1) is 11.7. The number of carbonyl (C=O) groups excluding carboxylic acids is 1. The van der Waals surface area contributed by atoms with Crippen LogP contribution in [0.1, 0.15) is 41.5 Å². The van der Waals surface area contributed by atoms with Gasteiger partial charge in [-0.3, -0.25) is 4.79 Å². The molecule has 2 heterocycles. The van der Waals surface area contributed by atoms with Crippen LogP contribution in [-0.4, -0.2) is 24.0 Å². The van der Waals surface area contributed by atoms with Gasteiger partial charge >= 0.3 is 0 Å². The van der Waals surface area contributed by atoms with E-state index in [1.165, 1.54) is 4.88 Å². The minimum Gasteiger partial charge on any atom is -0.317 e. The number of halogens is 1. The molecule has 1 amide bonds. The molecule has 2 aliphatic rings. The van der Waals surface area contributed by atoms with E-state index in [9.17, 15) is 4.79 Å². The number of rotatable bonds is 4. The highest BCUT2D eigenvalue weighted by molar-refractivity contribution is 7.15. The van der Waals surface area contributed by atoms with E-state index in [1.807, 2.05) is 30.5 Å². The molecule has 2 N–H and O–H groups in total. The van der Waals surface area contributed by atoms with Crippen molar-refractivity contribution in [3.05, 3.63) is 45.9 Å². The average molecular weight is 362 g/mol. The van der Waals surface area contributed by atoms with Gasteiger partial charge in [0.25, 0.3) is 0 Å². The minimum absolute atomic E-state index is 0.0103. The van der Waals surface area contributed by atoms with E-state index in [2.05, 4.69) is 15.6 Å². The van der Waals surface area contributed by atoms with Gasteiger partial charge in [0.1, 0.15) is 0 Å². The molecule has 4 nitrogen and oxygen atoms in total. The summed E-state index contributed by atoms with van der Waals surface area (Å²) >= 11 is 7.85. The smallest absolute Gasteiger partial charge is 0.229 e. The molecule has 0 radical (unpaired) electrons. The Morgan fingerprint density at radius 3 is 2.88 bits per heavy atom. The summed E-state index contributed by atoms with van der Waals surface area (Å²) < 4.78 is 0. The number of amides is 1. The van der Waals surface area contributed by atoms with Gasteiger partial charge in [0.2, 0.25) is 5.91 Å². The van der Waals surface area contributed by atoms with Crippen LogP contribution in [0.3, 0.4) is 0 Å². The summed E-state index contributed by atoms with van der Waals surface area (Å²) in [5.41, 5.74) is 1.08. The molecule has 2 unspecified atom stereocenters. The van der Waals surface area contributed by atoms with Gasteiger partial charge < -0.3 is 10.6 Å². The molecular formula is C18H20ClN3OS. The van der Waals surface area contributed by atoms with E-state index < -0.39 is 0 Å². The molecule has 6 heteroatoms. The van der Waals surface area contributed by atoms with Crippen LogP contribution in [0.2, 0.25) is 5.02 Å². The van der Waals surface area contributed by atoms with Crippen LogP contribution in [0.15, 0.2) is 30.5 Å². The third-order valence-corrected chi connectivity index (χ3v) is 6.35. The van der Waals surface area contributed by atoms with Crippen molar-refractivity contribution in [2.45, 2.75) is 31.1 Å². The standard InChI is InChI=1S/C18H20ClN3OS/c19-15-4-2-1-3-12(15)13-9-14(13)17(23)22-18-21-10-16(24-18)11-5-7-20-8-6-11/h1-4,10-11,13-14,20H,5-9H2,(H,21,22,23). The van der Waals surface area contributed by atoms with Gasteiger partial charge in [-0.2, -0.15) is 0 Å². The second-order valence-corrected chi connectivity index (χ2v) is 8.02. The minimum atomic E-state index is 0.0103. The third-order valence-electron chi connectivity index (χ3n) is 4.93. The van der Waals surface area contributed by atoms with Crippen molar-refractivity contribution in [1.29, 1.82) is 0 Å². The van der Waals surface area contributed by atoms with Crippen LogP contribution in [0.25, 0.3) is 0 Å². The Morgan fingerprint density at radius 1 is 1.29 bits per heavy atom. The van der Waals surface area contributed by atoms with Crippen LogP contribution in [0, 0.1) is 5.92 Å². The summed E-state index contributed by atoms with van der Waals surface area (Å²) in [7, 11) is 0. The van der Waals surface area contributed by atoms with E-state index >= 15 is 0 Å². The van der Waals surface area contributed by atoms with Crippen molar-refractivity contribution in [3.63, 3.8) is 0 Å². The molecule has 1 aliphatic carbocycles. The summed E-state index contributed by atoms with van der Waals surface area (Å²) in [5, 5.41) is 7.84. The van der Waals surface area contributed by atoms with E-state index in [1.54, 1.807) is 11.3 Å². The molecule has 1 aromatic heterocycles. The molecule has 2 aromatic rings. The number of hydrogen-bond acceptors (Lipinski definition) is 4. The van der Waals surface area contributed by atoms with Crippen molar-refractivity contribution < 1.29 is 4.79 Å². The molecule has 1 saturated heterocycles. The largest absolute Gasteiger partial charge is 0.317 e. The molecule has 1 aromatic carbocycles. The van der Waals surface area contributed by atoms with Crippen molar-refractivity contribution in [3.8, 4) is 0 Å². The van der Waals surface area contributed by atoms with Crippen molar-refractivity contribution in [2.75, 3.05) is 18.4 Å². The van der Waals surface area contributed by atoms with Crippen LogP contribution in [0.4, 0.5) is 5.13 Å². The van der Waals surface area contributed by atoms with Crippen molar-refractivity contribution >= 4 is 34.0 Å². The monoisotopic (exact) mass is 361 g/mol. The van der Waals surface area contributed by atoms with Gasteiger partial charge in [-0.1, -0.05) is 29.8 Å². The number of benzene rings is 1. The summed E-state index contributed by atoms with van der Waals surface area (Å²) in [6, 6.07) is 7.79. The SMILES string of the molecule is O=C(Nc1ncc(C2CCNCC2)s1)C1CC1c1ccccc1Cl. The first kappa shape index (κ1) is 16.1. The van der Waals surface area contributed by atoms with E-state index in [0.29, 0.717) is 5.92 Å². The molecular weight excluding hydrogens is 342 g/mol. The van der Waals surface area contributed by atoms with Crippen LogP contribution in [0.5, 0.6) is 0 Å². The lowest BCUT2D eigenvalue weighted by Gasteiger charge is -2.20. The second kappa shape index (κ2) is 6.82. The summed E-state index contributed by atoms with van der Waals surface area (Å²) in [6.45, 7) is 2.12. The molecule has 126 valence electrons. The molecule has 1 aliphatic heterocycles. The number of anilines is 1. The van der Waals surface area contributed by atoms with Crippen molar-refractivity contribution in [1.82, 2.24) is 10.3 Å². The van der Waals surface area contributed by atoms with Gasteiger partial charge in [0.15, 0.2) is 5.13 Å². The predicted octanol–water partition coefficient (Wildman–Crippen LogP) is 4.01. The third kappa shape index (κ3) is 3.34. The number of hydrogen-bond donors (Lipinski definition) is 2. The molecule has 1 saturated carbocycles. The highest BCUT2D eigenvalue weighted by Gasteiger charge is 2.45. The van der Waals surface area contributed by atoms with E-state index in [4.69, 9.17) is 11.6 Å². The topological polar surface area (TPSA) is 54.0 Å². The zero-order valence-corrected chi connectivity index (χ0v) is 14.9. The molecule has 2 atom stereocenters. The normalized spacial score (nSPS) is 23.9. The maximum atomic E-state index is 12.5. The fourth-order valence-electron chi connectivity index (χ4n) is 3.44. The highest BCUT2D eigenvalue weighted by Crippen LogP contribution is 2.50. The fraction of sp³-hybridized carbons (Fsp3) is 0.444. The second-order valence-electron chi connectivity index (χ2n) is 6.55. The number of nitrogens with one attached hydrogen (secondary N) is 2. The first-order valence-electron chi connectivity index (χ1n) is 8.44. The predicted molar refractivity (Wildman–Crippen MR) is 97.9 cm³/mol. The molecule has 24 heavy (non-hydrogen) atoms. The zero-order chi connectivity index (χ0) is 16.5. The number of carbonyl (C=O) groups is 1. The van der Waals surface area contributed by atoms with Crippen LogP contribution >= 0.6 is 22.9 Å². The van der Waals surface area contributed by atoms with Gasteiger partial charge in [0, 0.05) is 22.0 Å². The molecule has 0 spiro atoms. The van der Waals surface area contributed by atoms with Gasteiger partial charge in [0.05, 0.1) is 0 Å². The van der Waals surface area contributed by atoms with Crippen LogP contribution in [-0.2, 0) is 4.79 Å². The Labute approximate surface area is 150 Å². The highest BCUT2D eigenvalue weighted by atomic mass is 35.5. The maximum absolute atomic E-state index is 12.5. The number of piperidine rings is 1. The lowest BCUT2D eigenvalue weighted by Crippen LogP contribution is -2.26. The van der Waals surface area contributed by atoms with Gasteiger partial charge in [-0.15, -0.1) is 11.3 Å². The van der Waals surface area contributed by atoms with E-state index in [-0.39, 0.29) is 17.7 Å². The Bertz CT molecular complexity index is 741. The lowest BCUT2D eigenvalue weighted by atomic mass is 9.97.